The van der Waals surface area contributed by atoms with Crippen molar-refractivity contribution in [3.8, 4) is 5.75 Å². The molecule has 1 aromatic rings. The van der Waals surface area contributed by atoms with Crippen LogP contribution < -0.4 is 4.74 Å². The molecule has 0 saturated heterocycles. The molecule has 23 heavy (non-hydrogen) atoms. The van der Waals surface area contributed by atoms with Crippen molar-refractivity contribution in [2.24, 2.45) is 0 Å². The van der Waals surface area contributed by atoms with Crippen molar-refractivity contribution in [2.75, 3.05) is 57.8 Å². The molecule has 0 aliphatic heterocycles. The summed E-state index contributed by atoms with van der Waals surface area (Å²) in [7, 11) is 1.31. The third-order valence-corrected chi connectivity index (χ3v) is 3.03. The summed E-state index contributed by atoms with van der Waals surface area (Å²) in [6.07, 6.45) is 1.48. The highest BCUT2D eigenvalue weighted by molar-refractivity contribution is 14.1. The first-order valence-electron chi connectivity index (χ1n) is 7.24. The number of nitrogens with zero attached hydrogens (tertiary/aromatic N) is 1. The van der Waals surface area contributed by atoms with Crippen molar-refractivity contribution < 1.29 is 28.5 Å². The number of esters is 1. The van der Waals surface area contributed by atoms with Gasteiger partial charge in [0.15, 0.2) is 0 Å². The van der Waals surface area contributed by atoms with Gasteiger partial charge in [-0.2, -0.15) is 0 Å². The van der Waals surface area contributed by atoms with Gasteiger partial charge in [0.1, 0.15) is 18.1 Å². The van der Waals surface area contributed by atoms with Crippen molar-refractivity contribution >= 4 is 28.6 Å². The minimum absolute atomic E-state index is 0.246. The molecule has 0 N–H and O–H groups in total. The lowest BCUT2D eigenvalue weighted by atomic mass is 10.3. The first-order chi connectivity index (χ1) is 11.3. The Kier molecular flexibility index (Phi) is 11.8. The molecule has 0 saturated carbocycles. The zero-order valence-electron chi connectivity index (χ0n) is 13.2. The van der Waals surface area contributed by atoms with Crippen LogP contribution in [0, 0.1) is 0 Å². The largest absolute Gasteiger partial charge is 0.490 e. The van der Waals surface area contributed by atoms with Crippen molar-refractivity contribution in [3.05, 3.63) is 24.0 Å². The van der Waals surface area contributed by atoms with E-state index in [0.29, 0.717) is 45.4 Å². The van der Waals surface area contributed by atoms with E-state index in [2.05, 4.69) is 32.3 Å². The van der Waals surface area contributed by atoms with Crippen LogP contribution in [0.1, 0.15) is 10.5 Å². The van der Waals surface area contributed by atoms with Crippen LogP contribution in [0.3, 0.4) is 0 Å². The molecular weight excluding hydrogens is 417 g/mol. The van der Waals surface area contributed by atoms with Gasteiger partial charge in [0.25, 0.3) is 0 Å². The topological polar surface area (TPSA) is 76.1 Å². The van der Waals surface area contributed by atoms with Crippen LogP contribution >= 0.6 is 22.6 Å². The molecule has 0 radical (unpaired) electrons. The normalized spacial score (nSPS) is 10.5. The SMILES string of the molecule is COC(=O)c1ccc(OCCOCCOCCOCCI)cn1. The number of hydrogen-bond donors (Lipinski definition) is 0. The summed E-state index contributed by atoms with van der Waals surface area (Å²) in [5.41, 5.74) is 0.246. The number of halogens is 1. The predicted octanol–water partition coefficient (Wildman–Crippen LogP) is 1.73. The quantitative estimate of drug-likeness (QED) is 0.201. The van der Waals surface area contributed by atoms with Crippen LogP contribution in [0.4, 0.5) is 0 Å². The Morgan fingerprint density at radius 3 is 2.13 bits per heavy atom. The molecular formula is C15H22INO6. The van der Waals surface area contributed by atoms with Gasteiger partial charge in [-0.1, -0.05) is 22.6 Å². The zero-order chi connectivity index (χ0) is 16.8. The Bertz CT molecular complexity index is 428. The van der Waals surface area contributed by atoms with Crippen LogP contribution in [-0.2, 0) is 18.9 Å². The highest BCUT2D eigenvalue weighted by Crippen LogP contribution is 2.09. The summed E-state index contributed by atoms with van der Waals surface area (Å²) in [6.45, 7) is 3.84. The number of carbonyl (C=O) groups is 1. The maximum absolute atomic E-state index is 11.2. The van der Waals surface area contributed by atoms with Gasteiger partial charge in [-0.3, -0.25) is 0 Å². The molecule has 1 heterocycles. The van der Waals surface area contributed by atoms with Gasteiger partial charge >= 0.3 is 5.97 Å². The zero-order valence-corrected chi connectivity index (χ0v) is 15.3. The number of rotatable bonds is 13. The number of carbonyl (C=O) groups excluding carboxylic acids is 1. The summed E-state index contributed by atoms with van der Waals surface area (Å²) in [5, 5.41) is 0. The Hall–Kier alpha value is -0.970. The van der Waals surface area contributed by atoms with Gasteiger partial charge in [-0.05, 0) is 12.1 Å². The van der Waals surface area contributed by atoms with E-state index >= 15 is 0 Å². The minimum Gasteiger partial charge on any atom is -0.490 e. The van der Waals surface area contributed by atoms with Crippen molar-refractivity contribution in [3.63, 3.8) is 0 Å². The van der Waals surface area contributed by atoms with E-state index < -0.39 is 5.97 Å². The summed E-state index contributed by atoms with van der Waals surface area (Å²) in [4.78, 5) is 15.2. The van der Waals surface area contributed by atoms with E-state index in [1.165, 1.54) is 13.3 Å². The van der Waals surface area contributed by atoms with Gasteiger partial charge in [0, 0.05) is 4.43 Å². The molecule has 130 valence electrons. The molecule has 0 aliphatic carbocycles. The summed E-state index contributed by atoms with van der Waals surface area (Å²) in [5.74, 6) is 0.101. The minimum atomic E-state index is -0.473. The van der Waals surface area contributed by atoms with Gasteiger partial charge in [-0.25, -0.2) is 9.78 Å². The Morgan fingerprint density at radius 2 is 1.61 bits per heavy atom. The molecule has 1 aromatic heterocycles. The number of alkyl halides is 1. The average Bonchev–Trinajstić information content (AvgIpc) is 2.59. The third-order valence-electron chi connectivity index (χ3n) is 2.59. The van der Waals surface area contributed by atoms with E-state index in [9.17, 15) is 4.79 Å². The number of pyridine rings is 1. The van der Waals surface area contributed by atoms with E-state index in [1.807, 2.05) is 0 Å². The van der Waals surface area contributed by atoms with Gasteiger partial charge in [0.2, 0.25) is 0 Å². The molecule has 1 rings (SSSR count). The van der Waals surface area contributed by atoms with Crippen molar-refractivity contribution in [1.82, 2.24) is 4.98 Å². The fourth-order valence-corrected chi connectivity index (χ4v) is 1.82. The van der Waals surface area contributed by atoms with Crippen LogP contribution in [0.15, 0.2) is 18.3 Å². The lowest BCUT2D eigenvalue weighted by molar-refractivity contribution is 0.0120. The number of hydrogen-bond acceptors (Lipinski definition) is 7. The monoisotopic (exact) mass is 439 g/mol. The smallest absolute Gasteiger partial charge is 0.356 e. The van der Waals surface area contributed by atoms with E-state index in [-0.39, 0.29) is 5.69 Å². The molecule has 0 bridgehead atoms. The fraction of sp³-hybridized carbons (Fsp3) is 0.600. The molecule has 0 atom stereocenters. The molecule has 0 spiro atoms. The molecule has 0 aliphatic rings. The van der Waals surface area contributed by atoms with Gasteiger partial charge < -0.3 is 23.7 Å². The second kappa shape index (κ2) is 13.5. The Labute approximate surface area is 149 Å². The van der Waals surface area contributed by atoms with Crippen molar-refractivity contribution in [1.29, 1.82) is 0 Å². The molecule has 0 unspecified atom stereocenters. The second-order valence-electron chi connectivity index (χ2n) is 4.25. The first kappa shape index (κ1) is 20.1. The van der Waals surface area contributed by atoms with Gasteiger partial charge in [0.05, 0.1) is 52.9 Å². The van der Waals surface area contributed by atoms with Crippen LogP contribution in [0.5, 0.6) is 5.75 Å². The third kappa shape index (κ3) is 9.69. The van der Waals surface area contributed by atoms with E-state index in [4.69, 9.17) is 18.9 Å². The first-order valence-corrected chi connectivity index (χ1v) is 8.77. The van der Waals surface area contributed by atoms with Crippen molar-refractivity contribution in [2.45, 2.75) is 0 Å². The second-order valence-corrected chi connectivity index (χ2v) is 5.32. The maximum atomic E-state index is 11.2. The summed E-state index contributed by atoms with van der Waals surface area (Å²) >= 11 is 2.26. The number of aromatic nitrogens is 1. The molecule has 7 nitrogen and oxygen atoms in total. The lowest BCUT2D eigenvalue weighted by Crippen LogP contribution is -2.13. The Morgan fingerprint density at radius 1 is 1.00 bits per heavy atom. The molecule has 0 fully saturated rings. The average molecular weight is 439 g/mol. The van der Waals surface area contributed by atoms with Crippen LogP contribution in [0.25, 0.3) is 0 Å². The highest BCUT2D eigenvalue weighted by atomic mass is 127. The molecule has 8 heteroatoms. The maximum Gasteiger partial charge on any atom is 0.356 e. The van der Waals surface area contributed by atoms with Gasteiger partial charge in [-0.15, -0.1) is 0 Å². The highest BCUT2D eigenvalue weighted by Gasteiger charge is 2.06. The fourth-order valence-electron chi connectivity index (χ4n) is 1.51. The van der Waals surface area contributed by atoms with E-state index in [1.54, 1.807) is 12.1 Å². The molecule has 0 aromatic carbocycles. The van der Waals surface area contributed by atoms with Crippen LogP contribution in [0.2, 0.25) is 0 Å². The Balaban J connectivity index is 1.97. The molecule has 0 amide bonds. The standard InChI is InChI=1S/C15H22INO6/c1-19-15(18)14-3-2-13(12-17-14)23-11-10-22-9-8-21-7-6-20-5-4-16/h2-3,12H,4-11H2,1H3. The summed E-state index contributed by atoms with van der Waals surface area (Å²) in [6, 6.07) is 3.22. The number of methoxy groups -OCH3 is 1. The lowest BCUT2D eigenvalue weighted by Gasteiger charge is -2.08. The predicted molar refractivity (Wildman–Crippen MR) is 92.4 cm³/mol. The number of ether oxygens (including phenoxy) is 5. The van der Waals surface area contributed by atoms with Crippen LogP contribution in [-0.4, -0.2) is 68.7 Å². The van der Waals surface area contributed by atoms with E-state index in [0.717, 1.165) is 11.0 Å². The summed E-state index contributed by atoms with van der Waals surface area (Å²) < 4.78 is 27.0.